The summed E-state index contributed by atoms with van der Waals surface area (Å²) in [5, 5.41) is -0.0530. The van der Waals surface area contributed by atoms with E-state index in [-0.39, 0.29) is 27.1 Å². The average molecular weight is 331 g/mol. The van der Waals surface area contributed by atoms with Gasteiger partial charge in [0, 0.05) is 11.8 Å². The van der Waals surface area contributed by atoms with Crippen molar-refractivity contribution in [2.75, 3.05) is 12.8 Å². The predicted octanol–water partition coefficient (Wildman–Crippen LogP) is 2.76. The molecule has 2 aromatic carbocycles. The Balaban J connectivity index is 2.47. The molecule has 0 aliphatic carbocycles. The smallest absolute Gasteiger partial charge is 0.244 e. The highest BCUT2D eigenvalue weighted by Gasteiger charge is 2.19. The maximum Gasteiger partial charge on any atom is 0.244 e. The van der Waals surface area contributed by atoms with E-state index in [1.165, 1.54) is 37.4 Å². The lowest BCUT2D eigenvalue weighted by molar-refractivity contribution is 0.462. The van der Waals surface area contributed by atoms with Crippen LogP contribution < -0.4 is 15.2 Å². The molecule has 0 saturated carbocycles. The fourth-order valence-corrected chi connectivity index (χ4v) is 2.60. The van der Waals surface area contributed by atoms with Crippen LogP contribution >= 0.6 is 11.6 Å². The Morgan fingerprint density at radius 2 is 1.95 bits per heavy atom. The van der Waals surface area contributed by atoms with E-state index in [0.717, 1.165) is 6.07 Å². The predicted molar refractivity (Wildman–Crippen MR) is 78.6 cm³/mol. The van der Waals surface area contributed by atoms with Crippen LogP contribution in [0.4, 0.5) is 10.1 Å². The van der Waals surface area contributed by atoms with Gasteiger partial charge in [-0.3, -0.25) is 0 Å². The molecule has 112 valence electrons. The first-order valence-corrected chi connectivity index (χ1v) is 7.65. The molecule has 0 aliphatic heterocycles. The summed E-state index contributed by atoms with van der Waals surface area (Å²) in [7, 11) is -2.50. The van der Waals surface area contributed by atoms with E-state index < -0.39 is 15.8 Å². The molecule has 2 aromatic rings. The molecule has 21 heavy (non-hydrogen) atoms. The van der Waals surface area contributed by atoms with Crippen molar-refractivity contribution >= 4 is 27.3 Å². The average Bonchev–Trinajstić information content (AvgIpc) is 2.44. The summed E-state index contributed by atoms with van der Waals surface area (Å²) in [6.07, 6.45) is 0. The second-order valence-electron chi connectivity index (χ2n) is 4.09. The lowest BCUT2D eigenvalue weighted by Gasteiger charge is -2.12. The number of anilines is 1. The number of ether oxygens (including phenoxy) is 1. The Hall–Kier alpha value is -1.83. The van der Waals surface area contributed by atoms with Crippen LogP contribution in [0.25, 0.3) is 0 Å². The normalized spacial score (nSPS) is 11.4. The molecule has 8 heteroatoms. The van der Waals surface area contributed by atoms with Gasteiger partial charge in [0.15, 0.2) is 0 Å². The topological polar surface area (TPSA) is 81.4 Å². The highest BCUT2D eigenvalue weighted by Crippen LogP contribution is 2.31. The highest BCUT2D eigenvalue weighted by atomic mass is 35.5. The molecule has 0 atom stereocenters. The maximum atomic E-state index is 13.4. The maximum absolute atomic E-state index is 13.4. The standard InChI is InChI=1S/C13H12ClFN2O3S/c1-17-21(18,19)13-6-8(16)2-5-12(13)20-9-3-4-10(14)11(15)7-9/h2-7,17H,16H2,1H3. The molecule has 3 N–H and O–H groups in total. The quantitative estimate of drug-likeness (QED) is 0.845. The first kappa shape index (κ1) is 15.6. The molecule has 0 fully saturated rings. The van der Waals surface area contributed by atoms with Gasteiger partial charge in [0.05, 0.1) is 5.02 Å². The zero-order chi connectivity index (χ0) is 15.6. The van der Waals surface area contributed by atoms with Gasteiger partial charge in [0.1, 0.15) is 22.2 Å². The van der Waals surface area contributed by atoms with E-state index in [1.807, 2.05) is 0 Å². The summed E-state index contributed by atoms with van der Waals surface area (Å²) in [6.45, 7) is 0. The van der Waals surface area contributed by atoms with E-state index in [0.29, 0.717) is 0 Å². The molecule has 0 heterocycles. The molecular formula is C13H12ClFN2O3S. The van der Waals surface area contributed by atoms with Gasteiger partial charge < -0.3 is 10.5 Å². The Kier molecular flexibility index (Phi) is 4.36. The third-order valence-corrected chi connectivity index (χ3v) is 4.39. The molecule has 0 aromatic heterocycles. The van der Waals surface area contributed by atoms with E-state index in [9.17, 15) is 12.8 Å². The lowest BCUT2D eigenvalue weighted by atomic mass is 10.3. The first-order chi connectivity index (χ1) is 9.83. The van der Waals surface area contributed by atoms with Crippen LogP contribution in [0.1, 0.15) is 0 Å². The fraction of sp³-hybridized carbons (Fsp3) is 0.0769. The van der Waals surface area contributed by atoms with Gasteiger partial charge in [0.25, 0.3) is 0 Å². The molecule has 5 nitrogen and oxygen atoms in total. The minimum Gasteiger partial charge on any atom is -0.456 e. The summed E-state index contributed by atoms with van der Waals surface area (Å²) in [6, 6.07) is 7.94. The summed E-state index contributed by atoms with van der Waals surface area (Å²) < 4.78 is 44.9. The second kappa shape index (κ2) is 5.88. The number of nitrogens with two attached hydrogens (primary N) is 1. The van der Waals surface area contributed by atoms with Gasteiger partial charge in [-0.25, -0.2) is 17.5 Å². The van der Waals surface area contributed by atoms with Crippen LogP contribution in [0.15, 0.2) is 41.3 Å². The van der Waals surface area contributed by atoms with Crippen molar-refractivity contribution in [3.8, 4) is 11.5 Å². The van der Waals surface area contributed by atoms with Crippen molar-refractivity contribution in [3.63, 3.8) is 0 Å². The third-order valence-electron chi connectivity index (χ3n) is 2.64. The van der Waals surface area contributed by atoms with Crippen molar-refractivity contribution in [1.82, 2.24) is 4.72 Å². The van der Waals surface area contributed by atoms with Gasteiger partial charge >= 0.3 is 0 Å². The van der Waals surface area contributed by atoms with E-state index in [2.05, 4.69) is 4.72 Å². The van der Waals surface area contributed by atoms with Crippen molar-refractivity contribution in [2.45, 2.75) is 4.90 Å². The van der Waals surface area contributed by atoms with Gasteiger partial charge in [-0.15, -0.1) is 0 Å². The van der Waals surface area contributed by atoms with Crippen molar-refractivity contribution in [2.24, 2.45) is 0 Å². The Labute approximate surface area is 126 Å². The minimum absolute atomic E-state index is 0.0280. The van der Waals surface area contributed by atoms with Crippen molar-refractivity contribution in [3.05, 3.63) is 47.2 Å². The van der Waals surface area contributed by atoms with Crippen molar-refractivity contribution in [1.29, 1.82) is 0 Å². The number of rotatable bonds is 4. The molecule has 2 rings (SSSR count). The molecule has 0 unspecified atom stereocenters. The number of sulfonamides is 1. The largest absolute Gasteiger partial charge is 0.456 e. The summed E-state index contributed by atoms with van der Waals surface area (Å²) in [4.78, 5) is -0.139. The molecule has 0 aliphatic rings. The third kappa shape index (κ3) is 3.44. The van der Waals surface area contributed by atoms with Crippen LogP contribution in [-0.4, -0.2) is 15.5 Å². The second-order valence-corrected chi connectivity index (χ2v) is 6.35. The molecular weight excluding hydrogens is 319 g/mol. The van der Waals surface area contributed by atoms with Crippen LogP contribution in [0.3, 0.4) is 0 Å². The van der Waals surface area contributed by atoms with Crippen molar-refractivity contribution < 1.29 is 17.5 Å². The van der Waals surface area contributed by atoms with Crippen LogP contribution in [0, 0.1) is 5.82 Å². The number of halogens is 2. The first-order valence-electron chi connectivity index (χ1n) is 5.79. The molecule has 0 saturated heterocycles. The number of hydrogen-bond donors (Lipinski definition) is 2. The minimum atomic E-state index is -3.76. The van der Waals surface area contributed by atoms with E-state index >= 15 is 0 Å². The Morgan fingerprint density at radius 3 is 2.57 bits per heavy atom. The monoisotopic (exact) mass is 330 g/mol. The number of nitrogen functional groups attached to an aromatic ring is 1. The zero-order valence-electron chi connectivity index (χ0n) is 10.9. The highest BCUT2D eigenvalue weighted by molar-refractivity contribution is 7.89. The molecule has 0 amide bonds. The van der Waals surface area contributed by atoms with Crippen LogP contribution in [0.5, 0.6) is 11.5 Å². The van der Waals surface area contributed by atoms with Gasteiger partial charge in [-0.05, 0) is 37.4 Å². The summed E-state index contributed by atoms with van der Waals surface area (Å²) >= 11 is 5.58. The zero-order valence-corrected chi connectivity index (χ0v) is 12.5. The Bertz CT molecular complexity index is 781. The summed E-state index contributed by atoms with van der Waals surface area (Å²) in [5.41, 5.74) is 5.85. The molecule has 0 bridgehead atoms. The van der Waals surface area contributed by atoms with Gasteiger partial charge in [-0.2, -0.15) is 0 Å². The lowest BCUT2D eigenvalue weighted by Crippen LogP contribution is -2.19. The van der Waals surface area contributed by atoms with Gasteiger partial charge in [0.2, 0.25) is 10.0 Å². The van der Waals surface area contributed by atoms with E-state index in [1.54, 1.807) is 0 Å². The van der Waals surface area contributed by atoms with E-state index in [4.69, 9.17) is 22.1 Å². The van der Waals surface area contributed by atoms with Gasteiger partial charge in [-0.1, -0.05) is 11.6 Å². The molecule has 0 spiro atoms. The molecule has 0 radical (unpaired) electrons. The Morgan fingerprint density at radius 1 is 1.24 bits per heavy atom. The fourth-order valence-electron chi connectivity index (χ4n) is 1.60. The number of hydrogen-bond acceptors (Lipinski definition) is 4. The van der Waals surface area contributed by atoms with Crippen LogP contribution in [-0.2, 0) is 10.0 Å². The number of benzene rings is 2. The SMILES string of the molecule is CNS(=O)(=O)c1cc(N)ccc1Oc1ccc(Cl)c(F)c1. The summed E-state index contributed by atoms with van der Waals surface area (Å²) in [5.74, 6) is -0.517. The number of nitrogens with one attached hydrogen (secondary N) is 1. The van der Waals surface area contributed by atoms with Crippen LogP contribution in [0.2, 0.25) is 5.02 Å².